The minimum absolute atomic E-state index is 0.409. The van der Waals surface area contributed by atoms with Crippen LogP contribution in [0.15, 0.2) is 12.0 Å². The Hall–Kier alpha value is 0.0900. The first-order valence-corrected chi connectivity index (χ1v) is 5.55. The Morgan fingerprint density at radius 3 is 1.64 bits per heavy atom. The van der Waals surface area contributed by atoms with Crippen molar-refractivity contribution in [3.8, 4) is 0 Å². The van der Waals surface area contributed by atoms with Crippen LogP contribution in [0, 0.1) is 0 Å². The van der Waals surface area contributed by atoms with Gasteiger partial charge in [0.05, 0.1) is 0 Å². The molecule has 0 spiro atoms. The SMILES string of the molecule is C=C[S+]1C(C)(C)CCC1(C)C. The van der Waals surface area contributed by atoms with E-state index in [0.29, 0.717) is 20.4 Å². The zero-order valence-electron chi connectivity index (χ0n) is 8.11. The van der Waals surface area contributed by atoms with Crippen molar-refractivity contribution in [2.75, 3.05) is 0 Å². The van der Waals surface area contributed by atoms with E-state index in [1.54, 1.807) is 0 Å². The van der Waals surface area contributed by atoms with Crippen molar-refractivity contribution >= 4 is 10.9 Å². The van der Waals surface area contributed by atoms with Crippen molar-refractivity contribution in [2.45, 2.75) is 50.0 Å². The Labute approximate surface area is 73.4 Å². The van der Waals surface area contributed by atoms with Gasteiger partial charge in [-0.3, -0.25) is 0 Å². The number of hydrogen-bond donors (Lipinski definition) is 0. The Morgan fingerprint density at radius 2 is 1.45 bits per heavy atom. The molecule has 0 bridgehead atoms. The van der Waals surface area contributed by atoms with Crippen LogP contribution >= 0.6 is 0 Å². The topological polar surface area (TPSA) is 0 Å². The molecular formula is C10H19S+. The highest BCUT2D eigenvalue weighted by molar-refractivity contribution is 8.02. The minimum atomic E-state index is 0.409. The van der Waals surface area contributed by atoms with Crippen LogP contribution in [0.25, 0.3) is 0 Å². The van der Waals surface area contributed by atoms with Gasteiger partial charge in [0.15, 0.2) is 0 Å². The van der Waals surface area contributed by atoms with E-state index >= 15 is 0 Å². The summed E-state index contributed by atoms with van der Waals surface area (Å²) in [6.45, 7) is 13.4. The maximum Gasteiger partial charge on any atom is 0.128 e. The first kappa shape index (κ1) is 9.18. The summed E-state index contributed by atoms with van der Waals surface area (Å²) >= 11 is 0. The molecule has 0 N–H and O–H groups in total. The molecule has 1 aliphatic rings. The van der Waals surface area contributed by atoms with Crippen LogP contribution in [0.4, 0.5) is 0 Å². The lowest BCUT2D eigenvalue weighted by Gasteiger charge is -2.22. The lowest BCUT2D eigenvalue weighted by molar-refractivity contribution is 0.591. The van der Waals surface area contributed by atoms with Crippen molar-refractivity contribution in [3.63, 3.8) is 0 Å². The lowest BCUT2D eigenvalue weighted by Crippen LogP contribution is -2.34. The normalized spacial score (nSPS) is 28.7. The maximum atomic E-state index is 3.95. The smallest absolute Gasteiger partial charge is 0.0512 e. The first-order valence-electron chi connectivity index (χ1n) is 4.26. The molecule has 0 atom stereocenters. The van der Waals surface area contributed by atoms with E-state index in [4.69, 9.17) is 0 Å². The van der Waals surface area contributed by atoms with Crippen LogP contribution in [0.3, 0.4) is 0 Å². The van der Waals surface area contributed by atoms with E-state index in [1.807, 2.05) is 0 Å². The average molecular weight is 171 g/mol. The molecular weight excluding hydrogens is 152 g/mol. The van der Waals surface area contributed by atoms with Crippen LogP contribution in [0.5, 0.6) is 0 Å². The molecule has 1 heterocycles. The number of hydrogen-bond acceptors (Lipinski definition) is 0. The molecule has 1 saturated heterocycles. The molecule has 0 aliphatic carbocycles. The minimum Gasteiger partial charge on any atom is -0.0512 e. The predicted molar refractivity (Wildman–Crippen MR) is 55.0 cm³/mol. The predicted octanol–water partition coefficient (Wildman–Crippen LogP) is 3.10. The zero-order chi connectivity index (χ0) is 8.70. The summed E-state index contributed by atoms with van der Waals surface area (Å²) in [5, 5.41) is 2.17. The quantitative estimate of drug-likeness (QED) is 0.532. The summed E-state index contributed by atoms with van der Waals surface area (Å²) in [6.07, 6.45) is 2.71. The third kappa shape index (κ3) is 1.48. The highest BCUT2D eigenvalue weighted by Crippen LogP contribution is 2.45. The third-order valence-corrected chi connectivity index (χ3v) is 5.81. The van der Waals surface area contributed by atoms with Gasteiger partial charge in [-0.15, -0.1) is 0 Å². The van der Waals surface area contributed by atoms with Gasteiger partial charge in [0.2, 0.25) is 0 Å². The monoisotopic (exact) mass is 171 g/mol. The number of rotatable bonds is 1. The van der Waals surface area contributed by atoms with Gasteiger partial charge in [-0.05, 0) is 27.7 Å². The van der Waals surface area contributed by atoms with Crippen LogP contribution in [-0.2, 0) is 10.9 Å². The Kier molecular flexibility index (Phi) is 2.13. The van der Waals surface area contributed by atoms with Gasteiger partial charge < -0.3 is 0 Å². The molecule has 1 heteroatoms. The molecule has 0 aromatic rings. The molecule has 0 nitrogen and oxygen atoms in total. The molecule has 1 aliphatic heterocycles. The second-order valence-corrected chi connectivity index (χ2v) is 7.74. The summed E-state index contributed by atoms with van der Waals surface area (Å²) in [5.74, 6) is 0. The van der Waals surface area contributed by atoms with Gasteiger partial charge in [0.25, 0.3) is 0 Å². The van der Waals surface area contributed by atoms with Crippen molar-refractivity contribution in [1.82, 2.24) is 0 Å². The second-order valence-electron chi connectivity index (χ2n) is 4.52. The fraction of sp³-hybridized carbons (Fsp3) is 0.800. The summed E-state index contributed by atoms with van der Waals surface area (Å²) in [5.41, 5.74) is 0. The second kappa shape index (κ2) is 2.55. The van der Waals surface area contributed by atoms with Gasteiger partial charge in [-0.1, -0.05) is 6.58 Å². The van der Waals surface area contributed by atoms with E-state index in [2.05, 4.69) is 39.7 Å². The molecule has 0 radical (unpaired) electrons. The first-order chi connectivity index (χ1) is 4.90. The van der Waals surface area contributed by atoms with Gasteiger partial charge in [-0.2, -0.15) is 0 Å². The molecule has 1 fully saturated rings. The molecule has 64 valence electrons. The molecule has 0 amide bonds. The van der Waals surface area contributed by atoms with E-state index in [1.165, 1.54) is 12.8 Å². The van der Waals surface area contributed by atoms with Gasteiger partial charge in [0.1, 0.15) is 14.9 Å². The molecule has 1 rings (SSSR count). The van der Waals surface area contributed by atoms with Gasteiger partial charge in [-0.25, -0.2) is 0 Å². The summed E-state index contributed by atoms with van der Waals surface area (Å²) in [7, 11) is 0.409. The molecule has 0 aromatic heterocycles. The van der Waals surface area contributed by atoms with E-state index in [9.17, 15) is 0 Å². The van der Waals surface area contributed by atoms with Crippen molar-refractivity contribution in [2.24, 2.45) is 0 Å². The maximum absolute atomic E-state index is 3.95. The summed E-state index contributed by atoms with van der Waals surface area (Å²) in [4.78, 5) is 0. The van der Waals surface area contributed by atoms with E-state index < -0.39 is 0 Å². The lowest BCUT2D eigenvalue weighted by atomic mass is 10.0. The Bertz CT molecular complexity index is 152. The van der Waals surface area contributed by atoms with E-state index in [0.717, 1.165) is 0 Å². The molecule has 11 heavy (non-hydrogen) atoms. The molecule has 0 unspecified atom stereocenters. The fourth-order valence-corrected chi connectivity index (χ4v) is 5.06. The summed E-state index contributed by atoms with van der Waals surface area (Å²) < 4.78 is 1.01. The largest absolute Gasteiger partial charge is 0.128 e. The van der Waals surface area contributed by atoms with Gasteiger partial charge >= 0.3 is 0 Å². The van der Waals surface area contributed by atoms with Crippen LogP contribution < -0.4 is 0 Å². The van der Waals surface area contributed by atoms with Crippen LogP contribution in [-0.4, -0.2) is 9.49 Å². The van der Waals surface area contributed by atoms with Crippen molar-refractivity contribution in [1.29, 1.82) is 0 Å². The van der Waals surface area contributed by atoms with Crippen LogP contribution in [0.1, 0.15) is 40.5 Å². The highest BCUT2D eigenvalue weighted by atomic mass is 32.2. The third-order valence-electron chi connectivity index (χ3n) is 2.69. The van der Waals surface area contributed by atoms with Crippen molar-refractivity contribution < 1.29 is 0 Å². The van der Waals surface area contributed by atoms with E-state index in [-0.39, 0.29) is 0 Å². The van der Waals surface area contributed by atoms with Crippen molar-refractivity contribution in [3.05, 3.63) is 12.0 Å². The fourth-order valence-electron chi connectivity index (χ4n) is 2.02. The molecule has 0 saturated carbocycles. The van der Waals surface area contributed by atoms with Crippen LogP contribution in [0.2, 0.25) is 0 Å². The standard InChI is InChI=1S/C10H19S/c1-6-11-9(2,3)7-8-10(11,4)5/h6H,1,7-8H2,2-5H3/q+1. The summed E-state index contributed by atoms with van der Waals surface area (Å²) in [6, 6.07) is 0. The van der Waals surface area contributed by atoms with Gasteiger partial charge in [0, 0.05) is 23.7 Å². The Morgan fingerprint density at radius 1 is 1.09 bits per heavy atom. The highest BCUT2D eigenvalue weighted by Gasteiger charge is 2.54. The Balaban J connectivity index is 2.88. The molecule has 0 aromatic carbocycles. The zero-order valence-corrected chi connectivity index (χ0v) is 8.92. The average Bonchev–Trinajstić information content (AvgIpc) is 2.03.